The van der Waals surface area contributed by atoms with Crippen LogP contribution < -0.4 is 5.32 Å². The van der Waals surface area contributed by atoms with Gasteiger partial charge in [0, 0.05) is 12.8 Å². The number of ether oxygens (including phenoxy) is 1. The van der Waals surface area contributed by atoms with E-state index in [2.05, 4.69) is 31.3 Å². The fraction of sp³-hybridized carbons (Fsp3) is 0.913. The molecular formula is C69H133NO5. The minimum absolute atomic E-state index is 0.00843. The lowest BCUT2D eigenvalue weighted by atomic mass is 10.0. The second-order valence-electron chi connectivity index (χ2n) is 23.5. The molecular weight excluding hydrogens is 923 g/mol. The summed E-state index contributed by atoms with van der Waals surface area (Å²) in [5.41, 5.74) is 0. The number of unbranched alkanes of at least 4 members (excludes halogenated alkanes) is 51. The zero-order valence-corrected chi connectivity index (χ0v) is 50.8. The highest BCUT2D eigenvalue weighted by Crippen LogP contribution is 2.19. The minimum Gasteiger partial charge on any atom is -0.466 e. The van der Waals surface area contributed by atoms with E-state index in [0.717, 1.165) is 44.9 Å². The third-order valence-corrected chi connectivity index (χ3v) is 16.0. The van der Waals surface area contributed by atoms with E-state index < -0.39 is 12.1 Å². The van der Waals surface area contributed by atoms with Gasteiger partial charge in [0.15, 0.2) is 0 Å². The van der Waals surface area contributed by atoms with Gasteiger partial charge >= 0.3 is 5.97 Å². The molecule has 2 unspecified atom stereocenters. The summed E-state index contributed by atoms with van der Waals surface area (Å²) < 4.78 is 5.47. The Balaban J connectivity index is 3.36. The van der Waals surface area contributed by atoms with Crippen LogP contribution in [0.1, 0.15) is 380 Å². The topological polar surface area (TPSA) is 95.9 Å². The van der Waals surface area contributed by atoms with Gasteiger partial charge in [-0.3, -0.25) is 9.59 Å². The van der Waals surface area contributed by atoms with Crippen LogP contribution in [0.3, 0.4) is 0 Å². The van der Waals surface area contributed by atoms with Gasteiger partial charge in [0.2, 0.25) is 5.91 Å². The first-order valence-corrected chi connectivity index (χ1v) is 34.1. The van der Waals surface area contributed by atoms with Gasteiger partial charge in [-0.25, -0.2) is 0 Å². The van der Waals surface area contributed by atoms with Crippen LogP contribution in [0.2, 0.25) is 0 Å². The number of hydrogen-bond donors (Lipinski definition) is 3. The van der Waals surface area contributed by atoms with Crippen molar-refractivity contribution in [2.24, 2.45) is 0 Å². The number of esters is 1. The molecule has 0 aliphatic carbocycles. The molecule has 0 spiro atoms. The highest BCUT2D eigenvalue weighted by Gasteiger charge is 2.18. The molecule has 6 nitrogen and oxygen atoms in total. The zero-order valence-electron chi connectivity index (χ0n) is 50.8. The van der Waals surface area contributed by atoms with Crippen LogP contribution in [-0.4, -0.2) is 47.4 Å². The minimum atomic E-state index is -0.842. The van der Waals surface area contributed by atoms with Crippen molar-refractivity contribution in [1.29, 1.82) is 0 Å². The van der Waals surface area contributed by atoms with Gasteiger partial charge < -0.3 is 20.3 Å². The van der Waals surface area contributed by atoms with Crippen molar-refractivity contribution in [3.63, 3.8) is 0 Å². The highest BCUT2D eigenvalue weighted by atomic mass is 16.5. The van der Waals surface area contributed by atoms with E-state index in [1.54, 1.807) is 6.08 Å². The van der Waals surface area contributed by atoms with Gasteiger partial charge in [-0.2, -0.15) is 0 Å². The van der Waals surface area contributed by atoms with Crippen LogP contribution in [0.4, 0.5) is 0 Å². The molecule has 0 heterocycles. The monoisotopic (exact) mass is 1060 g/mol. The first-order chi connectivity index (χ1) is 37.0. The van der Waals surface area contributed by atoms with Crippen molar-refractivity contribution < 1.29 is 24.5 Å². The Labute approximate surface area is 469 Å². The Kier molecular flexibility index (Phi) is 63.4. The van der Waals surface area contributed by atoms with E-state index in [4.69, 9.17) is 4.74 Å². The Morgan fingerprint density at radius 1 is 0.360 bits per heavy atom. The van der Waals surface area contributed by atoms with Crippen LogP contribution in [0.25, 0.3) is 0 Å². The molecule has 0 bridgehead atoms. The number of aliphatic hydroxyl groups is 2. The van der Waals surface area contributed by atoms with Gasteiger partial charge in [0.05, 0.1) is 25.4 Å². The summed E-state index contributed by atoms with van der Waals surface area (Å²) in [6.07, 6.45) is 81.1. The molecule has 0 rings (SSSR count). The molecule has 0 aromatic carbocycles. The van der Waals surface area contributed by atoms with Crippen LogP contribution in [0.15, 0.2) is 24.3 Å². The first kappa shape index (κ1) is 73.3. The van der Waals surface area contributed by atoms with Crippen molar-refractivity contribution in [3.8, 4) is 0 Å². The fourth-order valence-electron chi connectivity index (χ4n) is 10.7. The summed E-state index contributed by atoms with van der Waals surface area (Å²) in [4.78, 5) is 24.5. The van der Waals surface area contributed by atoms with Crippen LogP contribution in [0, 0.1) is 0 Å². The summed E-state index contributed by atoms with van der Waals surface area (Å²) >= 11 is 0. The van der Waals surface area contributed by atoms with Crippen molar-refractivity contribution in [2.75, 3.05) is 13.2 Å². The summed E-state index contributed by atoms with van der Waals surface area (Å²) in [6, 6.07) is -0.625. The fourth-order valence-corrected chi connectivity index (χ4v) is 10.7. The first-order valence-electron chi connectivity index (χ1n) is 34.1. The lowest BCUT2D eigenvalue weighted by Gasteiger charge is -2.20. The number of carbonyl (C=O) groups excluding carboxylic acids is 2. The molecule has 1 amide bonds. The van der Waals surface area contributed by atoms with E-state index in [9.17, 15) is 19.8 Å². The maximum Gasteiger partial charge on any atom is 0.305 e. The number of rotatable bonds is 64. The van der Waals surface area contributed by atoms with Crippen molar-refractivity contribution in [2.45, 2.75) is 392 Å². The van der Waals surface area contributed by atoms with Gasteiger partial charge in [-0.1, -0.05) is 340 Å². The van der Waals surface area contributed by atoms with Crippen LogP contribution in [-0.2, 0) is 14.3 Å². The standard InChI is InChI=1S/C69H133NO5/c1-3-5-7-9-11-13-15-16-17-18-32-35-38-42-45-49-53-57-61-67(72)66(65-71)70-68(73)62-58-54-50-46-43-39-36-33-30-28-26-24-22-20-19-21-23-25-27-29-31-34-37-40-44-48-52-56-60-64-75-69(74)63-59-55-51-47-41-14-12-10-8-6-4-2/h10,12,57,61,66-67,71-72H,3-9,11,13-56,58-60,62-65H2,1-2H3,(H,70,73)/b12-10-,61-57+. The Bertz CT molecular complexity index is 1170. The number of hydrogen-bond acceptors (Lipinski definition) is 5. The Hall–Kier alpha value is -1.66. The second-order valence-corrected chi connectivity index (χ2v) is 23.5. The summed E-state index contributed by atoms with van der Waals surface area (Å²) in [6.45, 7) is 4.90. The van der Waals surface area contributed by atoms with Crippen molar-refractivity contribution in [1.82, 2.24) is 5.32 Å². The second kappa shape index (κ2) is 64.9. The number of nitrogens with one attached hydrogen (secondary N) is 1. The maximum atomic E-state index is 12.5. The van der Waals surface area contributed by atoms with Gasteiger partial charge in [-0.05, 0) is 51.4 Å². The third kappa shape index (κ3) is 61.4. The average molecular weight is 1060 g/mol. The summed E-state index contributed by atoms with van der Waals surface area (Å²) in [5.74, 6) is -0.0528. The molecule has 0 saturated carbocycles. The van der Waals surface area contributed by atoms with E-state index >= 15 is 0 Å². The zero-order chi connectivity index (χ0) is 54.3. The van der Waals surface area contributed by atoms with Crippen molar-refractivity contribution in [3.05, 3.63) is 24.3 Å². The molecule has 2 atom stereocenters. The Morgan fingerprint density at radius 2 is 0.640 bits per heavy atom. The molecule has 0 aromatic rings. The number of aliphatic hydroxyl groups excluding tert-OH is 2. The van der Waals surface area contributed by atoms with Crippen LogP contribution >= 0.6 is 0 Å². The quantitative estimate of drug-likeness (QED) is 0.0320. The number of carbonyl (C=O) groups is 2. The molecule has 0 fully saturated rings. The summed E-state index contributed by atoms with van der Waals surface area (Å²) in [7, 11) is 0. The van der Waals surface area contributed by atoms with Gasteiger partial charge in [-0.15, -0.1) is 0 Å². The third-order valence-electron chi connectivity index (χ3n) is 16.0. The smallest absolute Gasteiger partial charge is 0.305 e. The number of amides is 1. The van der Waals surface area contributed by atoms with Crippen LogP contribution in [0.5, 0.6) is 0 Å². The molecule has 3 N–H and O–H groups in total. The van der Waals surface area contributed by atoms with Gasteiger partial charge in [0.25, 0.3) is 0 Å². The normalized spacial score (nSPS) is 12.6. The van der Waals surface area contributed by atoms with E-state index in [1.165, 1.54) is 308 Å². The summed E-state index contributed by atoms with van der Waals surface area (Å²) in [5, 5.41) is 23.2. The van der Waals surface area contributed by atoms with E-state index in [1.807, 2.05) is 6.08 Å². The van der Waals surface area contributed by atoms with E-state index in [-0.39, 0.29) is 18.5 Å². The SMILES string of the molecule is CCCC/C=C\CCCCCCCC(=O)OCCCCCCCCCCCCCCCCCCCCCCCCCCCCCCCC(=O)NC(CO)C(O)/C=C/CCCCCCCCCCCCCCCCCC. The predicted octanol–water partition coefficient (Wildman–Crippen LogP) is 21.8. The molecule has 75 heavy (non-hydrogen) atoms. The molecule has 0 radical (unpaired) electrons. The van der Waals surface area contributed by atoms with Crippen molar-refractivity contribution >= 4 is 11.9 Å². The molecule has 0 saturated heterocycles. The lowest BCUT2D eigenvalue weighted by molar-refractivity contribution is -0.143. The highest BCUT2D eigenvalue weighted by molar-refractivity contribution is 5.76. The lowest BCUT2D eigenvalue weighted by Crippen LogP contribution is -2.45. The largest absolute Gasteiger partial charge is 0.466 e. The predicted molar refractivity (Wildman–Crippen MR) is 329 cm³/mol. The molecule has 0 aliphatic rings. The molecule has 444 valence electrons. The molecule has 0 aromatic heterocycles. The number of allylic oxidation sites excluding steroid dienone is 3. The average Bonchev–Trinajstić information content (AvgIpc) is 3.41. The van der Waals surface area contributed by atoms with E-state index in [0.29, 0.717) is 19.4 Å². The maximum absolute atomic E-state index is 12.5. The Morgan fingerprint density at radius 3 is 0.987 bits per heavy atom. The molecule has 6 heteroatoms. The van der Waals surface area contributed by atoms with Gasteiger partial charge in [0.1, 0.15) is 0 Å². The molecule has 0 aliphatic heterocycles.